The summed E-state index contributed by atoms with van der Waals surface area (Å²) in [6, 6.07) is 3.84. The van der Waals surface area contributed by atoms with E-state index in [0.717, 1.165) is 5.56 Å². The Hall–Kier alpha value is -2.15. The predicted molar refractivity (Wildman–Crippen MR) is 65.1 cm³/mol. The molecule has 0 bridgehead atoms. The van der Waals surface area contributed by atoms with Gasteiger partial charge < -0.3 is 20.8 Å². The number of hydrogen-bond donors (Lipinski definition) is 4. The molecular formula is C12H15FN2O4. The monoisotopic (exact) mass is 270 g/mol. The molecule has 7 heteroatoms. The highest BCUT2D eigenvalue weighted by Gasteiger charge is 2.17. The van der Waals surface area contributed by atoms with E-state index in [2.05, 4.69) is 10.6 Å². The molecule has 0 heterocycles. The van der Waals surface area contributed by atoms with Crippen LogP contribution in [-0.4, -0.2) is 41.4 Å². The molecule has 104 valence electrons. The van der Waals surface area contributed by atoms with E-state index in [-0.39, 0.29) is 12.4 Å². The summed E-state index contributed by atoms with van der Waals surface area (Å²) in [6.07, 6.45) is 0.491. The van der Waals surface area contributed by atoms with Crippen LogP contribution in [0, 0.1) is 5.82 Å². The van der Waals surface area contributed by atoms with Crippen molar-refractivity contribution in [3.8, 4) is 0 Å². The number of aliphatic hydroxyl groups excluding tert-OH is 1. The summed E-state index contributed by atoms with van der Waals surface area (Å²) in [5, 5.41) is 21.9. The summed E-state index contributed by atoms with van der Waals surface area (Å²) in [6.45, 7) is -0.407. The SMILES string of the molecule is O=C(NCCc1ccc(F)cc1)N[C@@H](CO)C(=O)O. The van der Waals surface area contributed by atoms with Crippen molar-refractivity contribution in [2.24, 2.45) is 0 Å². The van der Waals surface area contributed by atoms with Gasteiger partial charge in [-0.25, -0.2) is 14.0 Å². The van der Waals surface area contributed by atoms with E-state index in [1.54, 1.807) is 12.1 Å². The van der Waals surface area contributed by atoms with E-state index < -0.39 is 24.6 Å². The number of hydrogen-bond acceptors (Lipinski definition) is 3. The molecule has 0 fully saturated rings. The molecule has 0 spiro atoms. The summed E-state index contributed by atoms with van der Waals surface area (Å²) < 4.78 is 12.6. The predicted octanol–water partition coefficient (Wildman–Crippen LogP) is 0.113. The zero-order valence-corrected chi connectivity index (χ0v) is 10.1. The van der Waals surface area contributed by atoms with Crippen LogP contribution in [0.25, 0.3) is 0 Å². The van der Waals surface area contributed by atoms with Gasteiger partial charge in [0.15, 0.2) is 6.04 Å². The van der Waals surface area contributed by atoms with Crippen LogP contribution in [0.15, 0.2) is 24.3 Å². The van der Waals surface area contributed by atoms with Crippen molar-refractivity contribution in [1.29, 1.82) is 0 Å². The first-order valence-electron chi connectivity index (χ1n) is 5.65. The summed E-state index contributed by atoms with van der Waals surface area (Å²) in [4.78, 5) is 21.9. The summed E-state index contributed by atoms with van der Waals surface area (Å²) in [5.74, 6) is -1.64. The van der Waals surface area contributed by atoms with E-state index in [1.807, 2.05) is 0 Å². The molecule has 0 saturated heterocycles. The van der Waals surface area contributed by atoms with Gasteiger partial charge in [-0.05, 0) is 24.1 Å². The lowest BCUT2D eigenvalue weighted by atomic mass is 10.1. The highest BCUT2D eigenvalue weighted by Crippen LogP contribution is 2.02. The number of aliphatic carboxylic acids is 1. The lowest BCUT2D eigenvalue weighted by molar-refractivity contribution is -0.140. The van der Waals surface area contributed by atoms with Crippen LogP contribution < -0.4 is 10.6 Å². The third-order valence-electron chi connectivity index (χ3n) is 2.40. The van der Waals surface area contributed by atoms with Gasteiger partial charge in [-0.1, -0.05) is 12.1 Å². The molecule has 0 aliphatic rings. The largest absolute Gasteiger partial charge is 0.480 e. The van der Waals surface area contributed by atoms with Gasteiger partial charge in [-0.15, -0.1) is 0 Å². The number of carbonyl (C=O) groups excluding carboxylic acids is 1. The van der Waals surface area contributed by atoms with Crippen LogP contribution in [0.2, 0.25) is 0 Å². The maximum atomic E-state index is 12.6. The highest BCUT2D eigenvalue weighted by atomic mass is 19.1. The molecule has 0 saturated carbocycles. The zero-order valence-electron chi connectivity index (χ0n) is 10.1. The van der Waals surface area contributed by atoms with Crippen molar-refractivity contribution in [2.45, 2.75) is 12.5 Å². The molecule has 1 rings (SSSR count). The van der Waals surface area contributed by atoms with Gasteiger partial charge in [0.25, 0.3) is 0 Å². The Balaban J connectivity index is 2.30. The third-order valence-corrected chi connectivity index (χ3v) is 2.40. The highest BCUT2D eigenvalue weighted by molar-refractivity contribution is 5.82. The molecule has 2 amide bonds. The number of carbonyl (C=O) groups is 2. The molecule has 19 heavy (non-hydrogen) atoms. The standard InChI is InChI=1S/C12H15FN2O4/c13-9-3-1-8(2-4-9)5-6-14-12(19)15-10(7-16)11(17)18/h1-4,10,16H,5-7H2,(H,17,18)(H2,14,15,19)/t10-/m0/s1. The Kier molecular flexibility index (Phi) is 5.74. The van der Waals surface area contributed by atoms with Gasteiger partial charge in [0.05, 0.1) is 6.61 Å². The summed E-state index contributed by atoms with van der Waals surface area (Å²) in [7, 11) is 0. The summed E-state index contributed by atoms with van der Waals surface area (Å²) in [5.41, 5.74) is 0.846. The number of halogens is 1. The number of amides is 2. The van der Waals surface area contributed by atoms with Crippen LogP contribution >= 0.6 is 0 Å². The lowest BCUT2D eigenvalue weighted by Gasteiger charge is -2.12. The first-order chi connectivity index (χ1) is 9.02. The molecule has 1 aromatic carbocycles. The molecule has 0 aromatic heterocycles. The smallest absolute Gasteiger partial charge is 0.328 e. The average Bonchev–Trinajstić information content (AvgIpc) is 2.38. The number of aliphatic hydroxyl groups is 1. The number of rotatable bonds is 6. The molecule has 6 nitrogen and oxygen atoms in total. The quantitative estimate of drug-likeness (QED) is 0.589. The van der Waals surface area contributed by atoms with Gasteiger partial charge in [-0.3, -0.25) is 0 Å². The summed E-state index contributed by atoms with van der Waals surface area (Å²) >= 11 is 0. The van der Waals surface area contributed by atoms with Crippen LogP contribution in [0.4, 0.5) is 9.18 Å². The minimum Gasteiger partial charge on any atom is -0.480 e. The molecular weight excluding hydrogens is 255 g/mol. The van der Waals surface area contributed by atoms with Crippen LogP contribution in [0.1, 0.15) is 5.56 Å². The molecule has 1 atom stereocenters. The van der Waals surface area contributed by atoms with E-state index in [0.29, 0.717) is 6.42 Å². The number of carboxylic acids is 1. The van der Waals surface area contributed by atoms with Gasteiger partial charge in [-0.2, -0.15) is 0 Å². The normalized spacial score (nSPS) is 11.7. The Labute approximate surface area is 109 Å². The fraction of sp³-hybridized carbons (Fsp3) is 0.333. The second kappa shape index (κ2) is 7.32. The van der Waals surface area contributed by atoms with Crippen molar-refractivity contribution in [3.05, 3.63) is 35.6 Å². The number of benzene rings is 1. The fourth-order valence-electron chi connectivity index (χ4n) is 1.37. The number of carboxylic acid groups (broad SMARTS) is 1. The van der Waals surface area contributed by atoms with Crippen LogP contribution in [0.5, 0.6) is 0 Å². The number of nitrogens with one attached hydrogen (secondary N) is 2. The van der Waals surface area contributed by atoms with Gasteiger partial charge in [0.2, 0.25) is 0 Å². The molecule has 0 aliphatic heterocycles. The molecule has 1 aromatic rings. The minimum absolute atomic E-state index is 0.273. The molecule has 0 unspecified atom stereocenters. The van der Waals surface area contributed by atoms with Gasteiger partial charge in [0.1, 0.15) is 5.82 Å². The van der Waals surface area contributed by atoms with Crippen molar-refractivity contribution in [1.82, 2.24) is 10.6 Å². The molecule has 4 N–H and O–H groups in total. The Morgan fingerprint density at radius 3 is 2.42 bits per heavy atom. The van der Waals surface area contributed by atoms with Crippen molar-refractivity contribution >= 4 is 12.0 Å². The minimum atomic E-state index is -1.33. The van der Waals surface area contributed by atoms with Gasteiger partial charge in [0, 0.05) is 6.54 Å². The van der Waals surface area contributed by atoms with Crippen molar-refractivity contribution < 1.29 is 24.2 Å². The maximum Gasteiger partial charge on any atom is 0.328 e. The Morgan fingerprint density at radius 1 is 1.26 bits per heavy atom. The van der Waals surface area contributed by atoms with Crippen molar-refractivity contribution in [3.63, 3.8) is 0 Å². The van der Waals surface area contributed by atoms with Gasteiger partial charge >= 0.3 is 12.0 Å². The van der Waals surface area contributed by atoms with E-state index in [9.17, 15) is 14.0 Å². The van der Waals surface area contributed by atoms with Crippen molar-refractivity contribution in [2.75, 3.05) is 13.2 Å². The van der Waals surface area contributed by atoms with E-state index >= 15 is 0 Å². The lowest BCUT2D eigenvalue weighted by Crippen LogP contribution is -2.48. The molecule has 0 radical (unpaired) electrons. The van der Waals surface area contributed by atoms with Crippen LogP contribution in [-0.2, 0) is 11.2 Å². The van der Waals surface area contributed by atoms with Crippen LogP contribution in [0.3, 0.4) is 0 Å². The fourth-order valence-corrected chi connectivity index (χ4v) is 1.37. The molecule has 0 aliphatic carbocycles. The Morgan fingerprint density at radius 2 is 1.89 bits per heavy atom. The van der Waals surface area contributed by atoms with E-state index in [4.69, 9.17) is 10.2 Å². The second-order valence-electron chi connectivity index (χ2n) is 3.85. The number of urea groups is 1. The average molecular weight is 270 g/mol. The first-order valence-corrected chi connectivity index (χ1v) is 5.65. The topological polar surface area (TPSA) is 98.7 Å². The first kappa shape index (κ1) is 14.9. The Bertz CT molecular complexity index is 436. The van der Waals surface area contributed by atoms with E-state index in [1.165, 1.54) is 12.1 Å². The maximum absolute atomic E-state index is 12.6. The second-order valence-corrected chi connectivity index (χ2v) is 3.85. The third kappa shape index (κ3) is 5.35. The zero-order chi connectivity index (χ0) is 14.3.